The first-order valence-corrected chi connectivity index (χ1v) is 13.1. The van der Waals surface area contributed by atoms with Crippen molar-refractivity contribution in [3.8, 4) is 0 Å². The van der Waals surface area contributed by atoms with Crippen LogP contribution in [0.3, 0.4) is 0 Å². The van der Waals surface area contributed by atoms with E-state index in [0.29, 0.717) is 13.0 Å². The number of carbonyl (C=O) groups is 2. The molecular weight excluding hydrogens is 466 g/mol. The predicted molar refractivity (Wildman–Crippen MR) is 129 cm³/mol. The first-order valence-electron chi connectivity index (χ1n) is 11.6. The van der Waals surface area contributed by atoms with Crippen molar-refractivity contribution in [2.45, 2.75) is 30.8 Å². The summed E-state index contributed by atoms with van der Waals surface area (Å²) in [6.45, 7) is 3.17. The van der Waals surface area contributed by atoms with Crippen LogP contribution in [0.2, 0.25) is 0 Å². The highest BCUT2D eigenvalue weighted by Crippen LogP contribution is 2.27. The van der Waals surface area contributed by atoms with Gasteiger partial charge in [-0.25, -0.2) is 8.42 Å². The number of furan rings is 1. The van der Waals surface area contributed by atoms with E-state index >= 15 is 0 Å². The van der Waals surface area contributed by atoms with E-state index in [4.69, 9.17) is 4.42 Å². The molecule has 5 rings (SSSR count). The molecule has 8 nitrogen and oxygen atoms in total. The van der Waals surface area contributed by atoms with Crippen molar-refractivity contribution in [3.05, 3.63) is 89.4 Å². The van der Waals surface area contributed by atoms with E-state index in [1.807, 2.05) is 31.2 Å². The summed E-state index contributed by atoms with van der Waals surface area (Å²) in [5, 5.41) is 0. The van der Waals surface area contributed by atoms with Crippen LogP contribution in [-0.2, 0) is 27.8 Å². The second kappa shape index (κ2) is 9.31. The minimum atomic E-state index is -3.63. The summed E-state index contributed by atoms with van der Waals surface area (Å²) in [5.74, 6) is -0.313. The van der Waals surface area contributed by atoms with Gasteiger partial charge in [-0.15, -0.1) is 0 Å². The Labute approximate surface area is 204 Å². The lowest BCUT2D eigenvalue weighted by Gasteiger charge is -2.40. The van der Waals surface area contributed by atoms with Crippen molar-refractivity contribution in [3.63, 3.8) is 0 Å². The Balaban J connectivity index is 1.33. The minimum Gasteiger partial charge on any atom is -0.459 e. The molecule has 0 radical (unpaired) electrons. The standard InChI is InChI=1S/C26H27N3O5S/c1-19-8-10-22(11-9-19)35(32,33)28-14-12-27(13-15-28)25(30)23-17-20-5-2-3-6-21(20)18-29(23)26(31)24-7-4-16-34-24/h2-11,16,23H,12-15,17-18H2,1H3/t23-/m0/s1. The zero-order chi connectivity index (χ0) is 24.6. The van der Waals surface area contributed by atoms with Crippen molar-refractivity contribution in [2.24, 2.45) is 0 Å². The lowest BCUT2D eigenvalue weighted by atomic mass is 9.92. The van der Waals surface area contributed by atoms with Gasteiger partial charge in [-0.1, -0.05) is 42.0 Å². The van der Waals surface area contributed by atoms with Gasteiger partial charge in [0.05, 0.1) is 11.2 Å². The highest BCUT2D eigenvalue weighted by atomic mass is 32.2. The third-order valence-electron chi connectivity index (χ3n) is 6.74. The normalized spacial score (nSPS) is 18.8. The summed E-state index contributed by atoms with van der Waals surface area (Å²) in [5.41, 5.74) is 3.03. The summed E-state index contributed by atoms with van der Waals surface area (Å²) in [4.78, 5) is 30.3. The van der Waals surface area contributed by atoms with E-state index in [-0.39, 0.29) is 48.6 Å². The lowest BCUT2D eigenvalue weighted by molar-refractivity contribution is -0.137. The molecule has 35 heavy (non-hydrogen) atoms. The Morgan fingerprint density at radius 1 is 0.886 bits per heavy atom. The molecule has 0 spiro atoms. The maximum absolute atomic E-state index is 13.6. The SMILES string of the molecule is Cc1ccc(S(=O)(=O)N2CCN(C(=O)[C@@H]3Cc4ccccc4CN3C(=O)c3ccco3)CC2)cc1. The lowest BCUT2D eigenvalue weighted by Crippen LogP contribution is -2.58. The number of sulfonamides is 1. The van der Waals surface area contributed by atoms with Gasteiger partial charge in [0, 0.05) is 39.1 Å². The first kappa shape index (κ1) is 23.3. The fourth-order valence-corrected chi connectivity index (χ4v) is 6.14. The number of benzene rings is 2. The van der Waals surface area contributed by atoms with Crippen LogP contribution in [0.5, 0.6) is 0 Å². The molecule has 3 aromatic rings. The number of nitrogens with zero attached hydrogens (tertiary/aromatic N) is 3. The highest BCUT2D eigenvalue weighted by molar-refractivity contribution is 7.89. The molecule has 2 amide bonds. The fraction of sp³-hybridized carbons (Fsp3) is 0.308. The summed E-state index contributed by atoms with van der Waals surface area (Å²) >= 11 is 0. The van der Waals surface area contributed by atoms with Gasteiger partial charge in [-0.05, 0) is 42.3 Å². The quantitative estimate of drug-likeness (QED) is 0.557. The van der Waals surface area contributed by atoms with Gasteiger partial charge in [0.25, 0.3) is 5.91 Å². The number of piperazine rings is 1. The first-order chi connectivity index (χ1) is 16.8. The van der Waals surface area contributed by atoms with Gasteiger partial charge in [0.1, 0.15) is 6.04 Å². The minimum absolute atomic E-state index is 0.174. The van der Waals surface area contributed by atoms with Crippen LogP contribution >= 0.6 is 0 Å². The van der Waals surface area contributed by atoms with Gasteiger partial charge in [0.2, 0.25) is 15.9 Å². The molecule has 1 saturated heterocycles. The van der Waals surface area contributed by atoms with Crippen LogP contribution in [0.15, 0.2) is 76.2 Å². The largest absolute Gasteiger partial charge is 0.459 e. The van der Waals surface area contributed by atoms with E-state index < -0.39 is 16.1 Å². The molecule has 2 aliphatic rings. The van der Waals surface area contributed by atoms with E-state index in [1.54, 1.807) is 46.2 Å². The molecule has 1 fully saturated rings. The number of fused-ring (bicyclic) bond motifs is 1. The zero-order valence-corrected chi connectivity index (χ0v) is 20.3. The fourth-order valence-electron chi connectivity index (χ4n) is 4.72. The Kier molecular flexibility index (Phi) is 6.21. The van der Waals surface area contributed by atoms with E-state index in [9.17, 15) is 18.0 Å². The van der Waals surface area contributed by atoms with Crippen molar-refractivity contribution in [1.82, 2.24) is 14.1 Å². The number of carbonyl (C=O) groups excluding carboxylic acids is 2. The average Bonchev–Trinajstić information content (AvgIpc) is 3.42. The number of rotatable bonds is 4. The zero-order valence-electron chi connectivity index (χ0n) is 19.5. The number of hydrogen-bond acceptors (Lipinski definition) is 5. The molecule has 0 aliphatic carbocycles. The molecule has 0 bridgehead atoms. The Bertz CT molecular complexity index is 1330. The molecule has 3 heterocycles. The molecular formula is C26H27N3O5S. The summed E-state index contributed by atoms with van der Waals surface area (Å²) in [6.07, 6.45) is 1.85. The van der Waals surface area contributed by atoms with Gasteiger partial charge >= 0.3 is 0 Å². The van der Waals surface area contributed by atoms with Crippen LogP contribution in [0.4, 0.5) is 0 Å². The third-order valence-corrected chi connectivity index (χ3v) is 8.65. The van der Waals surface area contributed by atoms with Crippen LogP contribution < -0.4 is 0 Å². The molecule has 182 valence electrons. The van der Waals surface area contributed by atoms with Gasteiger partial charge in [0.15, 0.2) is 5.76 Å². The molecule has 9 heteroatoms. The monoisotopic (exact) mass is 493 g/mol. The molecule has 0 N–H and O–H groups in total. The predicted octanol–water partition coefficient (Wildman–Crippen LogP) is 2.69. The van der Waals surface area contributed by atoms with Crippen LogP contribution in [0.25, 0.3) is 0 Å². The van der Waals surface area contributed by atoms with Crippen molar-refractivity contribution < 1.29 is 22.4 Å². The molecule has 0 saturated carbocycles. The van der Waals surface area contributed by atoms with Crippen molar-refractivity contribution in [1.29, 1.82) is 0 Å². The van der Waals surface area contributed by atoms with E-state index in [2.05, 4.69) is 0 Å². The van der Waals surface area contributed by atoms with Crippen molar-refractivity contribution in [2.75, 3.05) is 26.2 Å². The smallest absolute Gasteiger partial charge is 0.290 e. The van der Waals surface area contributed by atoms with E-state index in [0.717, 1.165) is 16.7 Å². The van der Waals surface area contributed by atoms with Crippen LogP contribution in [-0.4, -0.2) is 66.6 Å². The summed E-state index contributed by atoms with van der Waals surface area (Å²) < 4.78 is 32.8. The Morgan fingerprint density at radius 2 is 1.57 bits per heavy atom. The van der Waals surface area contributed by atoms with Crippen molar-refractivity contribution >= 4 is 21.8 Å². The average molecular weight is 494 g/mol. The summed E-state index contributed by atoms with van der Waals surface area (Å²) in [6, 6.07) is 17.1. The van der Waals surface area contributed by atoms with Crippen LogP contribution in [0.1, 0.15) is 27.2 Å². The maximum atomic E-state index is 13.6. The van der Waals surface area contributed by atoms with Crippen LogP contribution in [0, 0.1) is 6.92 Å². The third kappa shape index (κ3) is 4.49. The molecule has 1 atom stereocenters. The topological polar surface area (TPSA) is 91.1 Å². The molecule has 1 aromatic heterocycles. The molecule has 0 unspecified atom stereocenters. The van der Waals surface area contributed by atoms with Gasteiger partial charge in [-0.2, -0.15) is 4.31 Å². The van der Waals surface area contributed by atoms with E-state index in [1.165, 1.54) is 10.6 Å². The number of hydrogen-bond donors (Lipinski definition) is 0. The van der Waals surface area contributed by atoms with Gasteiger partial charge < -0.3 is 14.2 Å². The summed E-state index contributed by atoms with van der Waals surface area (Å²) in [7, 11) is -3.63. The maximum Gasteiger partial charge on any atom is 0.290 e. The molecule has 2 aliphatic heterocycles. The highest BCUT2D eigenvalue weighted by Gasteiger charge is 2.39. The number of amides is 2. The Morgan fingerprint density at radius 3 is 2.23 bits per heavy atom. The van der Waals surface area contributed by atoms with Gasteiger partial charge in [-0.3, -0.25) is 9.59 Å². The second-order valence-electron chi connectivity index (χ2n) is 8.94. The molecule has 2 aromatic carbocycles. The second-order valence-corrected chi connectivity index (χ2v) is 10.9. The Hall–Kier alpha value is -3.43. The number of aryl methyl sites for hydroxylation is 1.